The fraction of sp³-hybridized carbons (Fsp3) is 0.261. The van der Waals surface area contributed by atoms with Crippen molar-refractivity contribution in [2.24, 2.45) is 0 Å². The minimum absolute atomic E-state index is 0.0422. The van der Waals surface area contributed by atoms with Crippen LogP contribution in [-0.2, 0) is 6.42 Å². The van der Waals surface area contributed by atoms with Crippen LogP contribution in [0.4, 0.5) is 0 Å². The highest BCUT2D eigenvalue weighted by Gasteiger charge is 2.24. The summed E-state index contributed by atoms with van der Waals surface area (Å²) in [6, 6.07) is 5.88. The molecule has 10 heteroatoms. The summed E-state index contributed by atoms with van der Waals surface area (Å²) < 4.78 is 10.9. The summed E-state index contributed by atoms with van der Waals surface area (Å²) in [6.45, 7) is 3.69. The van der Waals surface area contributed by atoms with Gasteiger partial charge in [0.25, 0.3) is 0 Å². The molecule has 0 atom stereocenters. The van der Waals surface area contributed by atoms with Gasteiger partial charge in [-0.1, -0.05) is 24.9 Å². The second-order valence-corrected chi connectivity index (χ2v) is 7.92. The maximum Gasteiger partial charge on any atom is 0.227 e. The third-order valence-corrected chi connectivity index (χ3v) is 5.40. The number of aryl methyl sites for hydroxylation is 2. The van der Waals surface area contributed by atoms with E-state index in [9.17, 15) is 15.0 Å². The fourth-order valence-electron chi connectivity index (χ4n) is 3.47. The van der Waals surface area contributed by atoms with Gasteiger partial charge in [-0.25, -0.2) is 9.97 Å². The lowest BCUT2D eigenvalue weighted by Gasteiger charge is -2.08. The summed E-state index contributed by atoms with van der Waals surface area (Å²) in [6.07, 6.45) is 2.70. The van der Waals surface area contributed by atoms with Crippen LogP contribution in [0.15, 0.2) is 33.5 Å². The molecule has 4 N–H and O–H groups in total. The van der Waals surface area contributed by atoms with Crippen molar-refractivity contribution in [1.29, 1.82) is 0 Å². The molecule has 0 aliphatic carbocycles. The number of phenolic OH excluding ortho intramolecular Hbond substituents is 1. The van der Waals surface area contributed by atoms with E-state index >= 15 is 0 Å². The fourth-order valence-corrected chi connectivity index (χ4v) is 3.71. The Bertz CT molecular complexity index is 1370. The maximum absolute atomic E-state index is 12.2. The number of aromatic amines is 2. The van der Waals surface area contributed by atoms with E-state index in [1.54, 1.807) is 19.1 Å². The molecule has 9 nitrogen and oxygen atoms in total. The molecule has 0 aliphatic heterocycles. The first-order chi connectivity index (χ1) is 15.8. The topological polar surface area (TPSA) is 137 Å². The number of methoxy groups -OCH3 is 1. The zero-order valence-corrected chi connectivity index (χ0v) is 19.1. The van der Waals surface area contributed by atoms with Crippen molar-refractivity contribution in [2.75, 3.05) is 7.11 Å². The molecule has 0 radical (unpaired) electrons. The predicted molar refractivity (Wildman–Crippen MR) is 124 cm³/mol. The number of benzene rings is 1. The smallest absolute Gasteiger partial charge is 0.227 e. The van der Waals surface area contributed by atoms with Crippen LogP contribution < -0.4 is 10.2 Å². The molecule has 3 aromatic heterocycles. The van der Waals surface area contributed by atoms with Gasteiger partial charge in [-0.3, -0.25) is 4.79 Å². The highest BCUT2D eigenvalue weighted by Crippen LogP contribution is 2.39. The summed E-state index contributed by atoms with van der Waals surface area (Å²) in [5.74, 6) is 0.931. The third kappa shape index (κ3) is 4.31. The van der Waals surface area contributed by atoms with Crippen LogP contribution in [0, 0.1) is 6.92 Å². The zero-order valence-electron chi connectivity index (χ0n) is 18.3. The van der Waals surface area contributed by atoms with Crippen molar-refractivity contribution < 1.29 is 19.4 Å². The molecule has 0 fully saturated rings. The number of nitrogens with one attached hydrogen (secondary N) is 2. The Balaban J connectivity index is 1.93. The lowest BCUT2D eigenvalue weighted by atomic mass is 10.1. The van der Waals surface area contributed by atoms with Gasteiger partial charge in [-0.2, -0.15) is 0 Å². The van der Waals surface area contributed by atoms with Gasteiger partial charge < -0.3 is 29.3 Å². The maximum atomic E-state index is 12.2. The molecule has 0 saturated carbocycles. The first-order valence-electron chi connectivity index (χ1n) is 10.4. The lowest BCUT2D eigenvalue weighted by molar-refractivity contribution is 0.373. The van der Waals surface area contributed by atoms with E-state index in [4.69, 9.17) is 20.8 Å². The lowest BCUT2D eigenvalue weighted by Crippen LogP contribution is -2.01. The van der Waals surface area contributed by atoms with Crippen LogP contribution in [0.3, 0.4) is 0 Å². The van der Waals surface area contributed by atoms with E-state index in [1.165, 1.54) is 19.2 Å². The Morgan fingerprint density at radius 3 is 2.67 bits per heavy atom. The normalized spacial score (nSPS) is 11.2. The van der Waals surface area contributed by atoms with Gasteiger partial charge >= 0.3 is 0 Å². The number of imidazole rings is 2. The van der Waals surface area contributed by atoms with Gasteiger partial charge in [0.1, 0.15) is 33.8 Å². The molecule has 1 aromatic carbocycles. The number of H-pyrrole nitrogens is 2. The van der Waals surface area contributed by atoms with E-state index in [2.05, 4.69) is 26.9 Å². The van der Waals surface area contributed by atoms with E-state index in [-0.39, 0.29) is 23.0 Å². The summed E-state index contributed by atoms with van der Waals surface area (Å²) in [5.41, 5.74) is 0.963. The molecular formula is C23H23ClN4O5. The average Bonchev–Trinajstić information content (AvgIpc) is 3.38. The molecule has 0 amide bonds. The van der Waals surface area contributed by atoms with Gasteiger partial charge in [0.05, 0.1) is 7.11 Å². The first kappa shape index (κ1) is 22.5. The van der Waals surface area contributed by atoms with Gasteiger partial charge in [-0.15, -0.1) is 0 Å². The van der Waals surface area contributed by atoms with E-state index in [0.29, 0.717) is 33.7 Å². The molecule has 0 bridgehead atoms. The number of rotatable bonds is 7. The molecule has 172 valence electrons. The number of ether oxygens (including phenoxy) is 1. The SMILES string of the molecule is CCCCc1nc(-c2nc(-c3ccc(O)c(OC)c3)c(-c3oc(C)cc(=O)c3O)[nH]2)c(Cl)[nH]1. The minimum atomic E-state index is -0.584. The van der Waals surface area contributed by atoms with Gasteiger partial charge in [0.2, 0.25) is 11.2 Å². The van der Waals surface area contributed by atoms with Crippen LogP contribution in [0.2, 0.25) is 5.15 Å². The molecule has 0 saturated heterocycles. The molecule has 3 heterocycles. The van der Waals surface area contributed by atoms with E-state index in [0.717, 1.165) is 25.1 Å². The third-order valence-electron chi connectivity index (χ3n) is 5.13. The molecule has 33 heavy (non-hydrogen) atoms. The van der Waals surface area contributed by atoms with Crippen LogP contribution in [-0.4, -0.2) is 37.3 Å². The Morgan fingerprint density at radius 2 is 1.94 bits per heavy atom. The van der Waals surface area contributed by atoms with Crippen LogP contribution in [0.5, 0.6) is 17.2 Å². The second kappa shape index (κ2) is 9.03. The Hall–Kier alpha value is -3.72. The monoisotopic (exact) mass is 470 g/mol. The number of nitrogens with zero attached hydrogens (tertiary/aromatic N) is 2. The highest BCUT2D eigenvalue weighted by molar-refractivity contribution is 6.31. The second-order valence-electron chi connectivity index (χ2n) is 7.54. The average molecular weight is 471 g/mol. The van der Waals surface area contributed by atoms with Crippen LogP contribution in [0.25, 0.3) is 34.2 Å². The molecule has 0 aliphatic rings. The van der Waals surface area contributed by atoms with Crippen LogP contribution in [0.1, 0.15) is 31.4 Å². The van der Waals surface area contributed by atoms with Gasteiger partial charge in [0, 0.05) is 18.1 Å². The van der Waals surface area contributed by atoms with Crippen molar-refractivity contribution in [2.45, 2.75) is 33.1 Å². The number of unbranched alkanes of at least 4 members (excludes halogenated alkanes) is 1. The number of halogens is 1. The number of hydrogen-bond donors (Lipinski definition) is 4. The Kier molecular flexibility index (Phi) is 6.15. The summed E-state index contributed by atoms with van der Waals surface area (Å²) in [4.78, 5) is 27.6. The van der Waals surface area contributed by atoms with Gasteiger partial charge in [0.15, 0.2) is 23.1 Å². The van der Waals surface area contributed by atoms with Crippen molar-refractivity contribution in [3.05, 3.63) is 51.2 Å². The molecule has 4 aromatic rings. The summed E-state index contributed by atoms with van der Waals surface area (Å²) in [7, 11) is 1.43. The number of aromatic hydroxyl groups is 2. The Morgan fingerprint density at radius 1 is 1.15 bits per heavy atom. The van der Waals surface area contributed by atoms with Crippen molar-refractivity contribution in [1.82, 2.24) is 19.9 Å². The summed E-state index contributed by atoms with van der Waals surface area (Å²) in [5, 5.41) is 20.8. The first-order valence-corrected chi connectivity index (χ1v) is 10.8. The van der Waals surface area contributed by atoms with E-state index in [1.807, 2.05) is 0 Å². The standard InChI is InChI=1S/C23H23ClN4O5/c1-4-5-6-16-25-19(22(24)26-16)23-27-17(12-7-8-13(29)15(10-12)32-3)18(28-23)21-20(31)14(30)9-11(2)33-21/h7-10,29,31H,4-6H2,1-3H3,(H,25,26)(H,27,28). The number of aromatic nitrogens is 4. The zero-order chi connectivity index (χ0) is 23.7. The molecule has 0 spiro atoms. The van der Waals surface area contributed by atoms with Gasteiger partial charge in [-0.05, 0) is 31.5 Å². The summed E-state index contributed by atoms with van der Waals surface area (Å²) >= 11 is 6.41. The van der Waals surface area contributed by atoms with Crippen molar-refractivity contribution in [3.8, 4) is 51.5 Å². The van der Waals surface area contributed by atoms with Crippen molar-refractivity contribution >= 4 is 11.6 Å². The minimum Gasteiger partial charge on any atom is -0.504 e. The van der Waals surface area contributed by atoms with Crippen LogP contribution >= 0.6 is 11.6 Å². The van der Waals surface area contributed by atoms with E-state index < -0.39 is 11.2 Å². The highest BCUT2D eigenvalue weighted by atomic mass is 35.5. The number of phenols is 1. The molecule has 0 unspecified atom stereocenters. The van der Waals surface area contributed by atoms with Crippen molar-refractivity contribution in [3.63, 3.8) is 0 Å². The largest absolute Gasteiger partial charge is 0.504 e. The molecule has 4 rings (SSSR count). The quantitative estimate of drug-likeness (QED) is 0.304. The predicted octanol–water partition coefficient (Wildman–Crippen LogP) is 4.81. The Labute approximate surface area is 194 Å². The molecular weight excluding hydrogens is 448 g/mol. The number of hydrogen-bond acceptors (Lipinski definition) is 7.